The lowest BCUT2D eigenvalue weighted by molar-refractivity contribution is -0.119. The number of ketones is 1. The first-order chi connectivity index (χ1) is 15.8. The normalized spacial score (nSPS) is 12.5. The lowest BCUT2D eigenvalue weighted by atomic mass is 10.1. The number of furan rings is 1. The minimum Gasteiger partial charge on any atom is -0.467 e. The first-order valence-corrected chi connectivity index (χ1v) is 9.94. The predicted octanol–water partition coefficient (Wildman–Crippen LogP) is 3.07. The van der Waals surface area contributed by atoms with Crippen LogP contribution in [-0.4, -0.2) is 41.0 Å². The number of amides is 3. The topological polar surface area (TPSA) is 123 Å². The van der Waals surface area contributed by atoms with Gasteiger partial charge in [0.1, 0.15) is 5.76 Å². The average molecular weight is 446 g/mol. The van der Waals surface area contributed by atoms with Crippen molar-refractivity contribution in [3.05, 3.63) is 88.9 Å². The number of hydrogen-bond acceptors (Lipinski definition) is 7. The number of Topliss-reactive ketones (excluding diaryl/α,β-unsaturated/α-hetero) is 1. The highest BCUT2D eigenvalue weighted by Gasteiger charge is 2.36. The van der Waals surface area contributed by atoms with Crippen LogP contribution in [0.3, 0.4) is 0 Å². The van der Waals surface area contributed by atoms with Crippen molar-refractivity contribution in [2.24, 2.45) is 0 Å². The summed E-state index contributed by atoms with van der Waals surface area (Å²) in [5, 5.41) is 2.55. The Hall–Kier alpha value is -4.53. The molecule has 0 spiro atoms. The highest BCUT2D eigenvalue weighted by atomic mass is 16.5. The van der Waals surface area contributed by atoms with Gasteiger partial charge in [-0.25, -0.2) is 4.79 Å². The van der Waals surface area contributed by atoms with Crippen LogP contribution in [0, 0.1) is 0 Å². The number of nitrogens with one attached hydrogen (secondary N) is 1. The van der Waals surface area contributed by atoms with Gasteiger partial charge < -0.3 is 14.5 Å². The number of ether oxygens (including phenoxy) is 1. The third kappa shape index (κ3) is 4.57. The zero-order valence-electron chi connectivity index (χ0n) is 17.5. The number of carbonyl (C=O) groups is 5. The van der Waals surface area contributed by atoms with E-state index in [4.69, 9.17) is 9.15 Å². The molecule has 33 heavy (non-hydrogen) atoms. The molecule has 9 heteroatoms. The largest absolute Gasteiger partial charge is 0.467 e. The number of nitrogens with zero attached hydrogens (tertiary/aromatic N) is 1. The molecule has 0 saturated carbocycles. The van der Waals surface area contributed by atoms with Crippen LogP contribution in [0.5, 0.6) is 0 Å². The summed E-state index contributed by atoms with van der Waals surface area (Å²) in [7, 11) is 0. The lowest BCUT2D eigenvalue weighted by Gasteiger charge is -2.11. The number of fused-ring (bicyclic) bond motifs is 1. The summed E-state index contributed by atoms with van der Waals surface area (Å²) in [5.41, 5.74) is 1.24. The Morgan fingerprint density at radius 3 is 2.30 bits per heavy atom. The fraction of sp³-hybridized carbons (Fsp3) is 0.125. The van der Waals surface area contributed by atoms with Crippen molar-refractivity contribution in [3.63, 3.8) is 0 Å². The monoisotopic (exact) mass is 446 g/mol. The maximum absolute atomic E-state index is 12.7. The van der Waals surface area contributed by atoms with E-state index in [0.29, 0.717) is 17.0 Å². The molecule has 0 fully saturated rings. The van der Waals surface area contributed by atoms with Crippen molar-refractivity contribution in [2.75, 3.05) is 11.9 Å². The van der Waals surface area contributed by atoms with Gasteiger partial charge in [0.25, 0.3) is 17.7 Å². The molecule has 0 saturated heterocycles. The molecule has 0 bridgehead atoms. The van der Waals surface area contributed by atoms with Gasteiger partial charge in [-0.2, -0.15) is 0 Å². The molecule has 0 unspecified atom stereocenters. The number of esters is 1. The second-order valence-corrected chi connectivity index (χ2v) is 7.29. The Labute approximate surface area is 187 Å². The van der Waals surface area contributed by atoms with Crippen LogP contribution in [0.4, 0.5) is 5.69 Å². The molecular weight excluding hydrogens is 428 g/mol. The molecule has 1 aliphatic rings. The summed E-state index contributed by atoms with van der Waals surface area (Å²) in [6.45, 7) is 0.862. The van der Waals surface area contributed by atoms with Crippen LogP contribution in [0.15, 0.2) is 65.3 Å². The molecule has 0 atom stereocenters. The minimum atomic E-state index is -0.815. The Balaban J connectivity index is 1.37. The molecule has 1 aliphatic heterocycles. The molecule has 1 N–H and O–H groups in total. The van der Waals surface area contributed by atoms with E-state index in [0.717, 1.165) is 4.90 Å². The standard InChI is InChI=1S/C24H18N2O7/c1-14(27)15-4-7-17(8-5-15)25-21(28)13-33-24(31)16-6-9-19-20(11-16)23(30)26(22(19)29)12-18-3-2-10-32-18/h2-11H,12-13H2,1H3,(H,25,28). The van der Waals surface area contributed by atoms with Crippen LogP contribution >= 0.6 is 0 Å². The van der Waals surface area contributed by atoms with Gasteiger partial charge in [-0.3, -0.25) is 24.1 Å². The third-order valence-electron chi connectivity index (χ3n) is 5.01. The van der Waals surface area contributed by atoms with E-state index in [-0.39, 0.29) is 29.0 Å². The Morgan fingerprint density at radius 1 is 0.939 bits per heavy atom. The minimum absolute atomic E-state index is 0.0211. The summed E-state index contributed by atoms with van der Waals surface area (Å²) in [5.74, 6) is -2.07. The highest BCUT2D eigenvalue weighted by Crippen LogP contribution is 2.26. The summed E-state index contributed by atoms with van der Waals surface area (Å²) in [6.07, 6.45) is 1.44. The molecule has 4 rings (SSSR count). The molecule has 166 valence electrons. The van der Waals surface area contributed by atoms with Gasteiger partial charge in [0, 0.05) is 11.3 Å². The molecular formula is C24H18N2O7. The number of hydrogen-bond donors (Lipinski definition) is 1. The molecule has 0 radical (unpaired) electrons. The van der Waals surface area contributed by atoms with Crippen molar-refractivity contribution in [2.45, 2.75) is 13.5 Å². The van der Waals surface area contributed by atoms with Gasteiger partial charge in [-0.1, -0.05) is 0 Å². The SMILES string of the molecule is CC(=O)c1ccc(NC(=O)COC(=O)c2ccc3c(c2)C(=O)N(Cc2ccco2)C3=O)cc1. The van der Waals surface area contributed by atoms with Gasteiger partial charge in [-0.05, 0) is 61.5 Å². The lowest BCUT2D eigenvalue weighted by Crippen LogP contribution is -2.28. The van der Waals surface area contributed by atoms with Gasteiger partial charge in [0.2, 0.25) is 0 Å². The first-order valence-electron chi connectivity index (χ1n) is 9.94. The zero-order valence-corrected chi connectivity index (χ0v) is 17.5. The average Bonchev–Trinajstić information content (AvgIpc) is 3.40. The molecule has 2 aromatic carbocycles. The fourth-order valence-corrected chi connectivity index (χ4v) is 3.32. The van der Waals surface area contributed by atoms with Crippen molar-refractivity contribution in [1.29, 1.82) is 0 Å². The molecule has 3 amide bonds. The van der Waals surface area contributed by atoms with Gasteiger partial charge in [0.15, 0.2) is 12.4 Å². The molecule has 3 aromatic rings. The zero-order chi connectivity index (χ0) is 23.5. The maximum atomic E-state index is 12.7. The molecule has 9 nitrogen and oxygen atoms in total. The van der Waals surface area contributed by atoms with Crippen LogP contribution < -0.4 is 5.32 Å². The number of imide groups is 1. The Kier molecular flexibility index (Phi) is 5.86. The van der Waals surface area contributed by atoms with E-state index in [2.05, 4.69) is 5.32 Å². The first kappa shape index (κ1) is 21.7. The van der Waals surface area contributed by atoms with Crippen LogP contribution in [0.25, 0.3) is 0 Å². The second-order valence-electron chi connectivity index (χ2n) is 7.29. The van der Waals surface area contributed by atoms with E-state index in [1.807, 2.05) is 0 Å². The van der Waals surface area contributed by atoms with E-state index < -0.39 is 30.3 Å². The summed E-state index contributed by atoms with van der Waals surface area (Å²) >= 11 is 0. The summed E-state index contributed by atoms with van der Waals surface area (Å²) in [4.78, 5) is 62.0. The summed E-state index contributed by atoms with van der Waals surface area (Å²) < 4.78 is 10.2. The molecule has 0 aliphatic carbocycles. The van der Waals surface area contributed by atoms with E-state index in [1.165, 1.54) is 31.4 Å². The van der Waals surface area contributed by atoms with Crippen molar-refractivity contribution < 1.29 is 33.1 Å². The van der Waals surface area contributed by atoms with E-state index >= 15 is 0 Å². The predicted molar refractivity (Wildman–Crippen MR) is 115 cm³/mol. The Bertz CT molecular complexity index is 1260. The molecule has 2 heterocycles. The van der Waals surface area contributed by atoms with Crippen LogP contribution in [-0.2, 0) is 16.1 Å². The van der Waals surface area contributed by atoms with Crippen molar-refractivity contribution in [1.82, 2.24) is 4.90 Å². The molecule has 1 aromatic heterocycles. The second kappa shape index (κ2) is 8.91. The van der Waals surface area contributed by atoms with E-state index in [1.54, 1.807) is 36.4 Å². The van der Waals surface area contributed by atoms with Gasteiger partial charge in [-0.15, -0.1) is 0 Å². The highest BCUT2D eigenvalue weighted by molar-refractivity contribution is 6.21. The van der Waals surface area contributed by atoms with E-state index in [9.17, 15) is 24.0 Å². The number of anilines is 1. The van der Waals surface area contributed by atoms with Gasteiger partial charge in [0.05, 0.1) is 29.5 Å². The smallest absolute Gasteiger partial charge is 0.338 e. The van der Waals surface area contributed by atoms with Crippen LogP contribution in [0.1, 0.15) is 54.1 Å². The fourth-order valence-electron chi connectivity index (χ4n) is 3.32. The van der Waals surface area contributed by atoms with Crippen molar-refractivity contribution >= 4 is 35.2 Å². The third-order valence-corrected chi connectivity index (χ3v) is 5.01. The number of rotatable bonds is 7. The maximum Gasteiger partial charge on any atom is 0.338 e. The van der Waals surface area contributed by atoms with Crippen molar-refractivity contribution in [3.8, 4) is 0 Å². The quantitative estimate of drug-likeness (QED) is 0.336. The number of benzene rings is 2. The summed E-state index contributed by atoms with van der Waals surface area (Å²) in [6, 6.07) is 13.6. The van der Waals surface area contributed by atoms with Crippen LogP contribution in [0.2, 0.25) is 0 Å². The van der Waals surface area contributed by atoms with Gasteiger partial charge >= 0.3 is 5.97 Å². The Morgan fingerprint density at radius 2 is 1.64 bits per heavy atom. The number of carbonyl (C=O) groups excluding carboxylic acids is 5.